The molecular formula is C5H16O12P4. The van der Waals surface area contributed by atoms with Crippen LogP contribution in [0.1, 0.15) is 0 Å². The zero-order chi connectivity index (χ0) is 17.3. The minimum Gasteiger partial charge on any atom is -0.324 e. The molecule has 12 nitrogen and oxygen atoms in total. The maximum atomic E-state index is 11.0. The Hall–Kier alpha value is 0.600. The molecule has 0 fully saturated rings. The molecule has 8 N–H and O–H groups in total. The summed E-state index contributed by atoms with van der Waals surface area (Å²) in [6.07, 6.45) is -5.94. The van der Waals surface area contributed by atoms with Crippen LogP contribution in [-0.4, -0.2) is 63.8 Å². The molecule has 0 amide bonds. The Morgan fingerprint density at radius 2 is 0.619 bits per heavy atom. The van der Waals surface area contributed by atoms with Crippen LogP contribution in [0.15, 0.2) is 0 Å². The highest BCUT2D eigenvalue weighted by atomic mass is 31.2. The lowest BCUT2D eigenvalue weighted by Gasteiger charge is -2.34. The number of hydrogen-bond donors (Lipinski definition) is 8. The number of hydrogen-bond acceptors (Lipinski definition) is 4. The van der Waals surface area contributed by atoms with Gasteiger partial charge in [0.2, 0.25) is 0 Å². The Balaban J connectivity index is 5.93. The first-order valence-corrected chi connectivity index (χ1v) is 12.2. The minimum atomic E-state index is -5.08. The lowest BCUT2D eigenvalue weighted by molar-refractivity contribution is 0.294. The van der Waals surface area contributed by atoms with Crippen molar-refractivity contribution in [1.82, 2.24) is 0 Å². The van der Waals surface area contributed by atoms with Crippen LogP contribution < -0.4 is 0 Å². The molecule has 0 aliphatic rings. The van der Waals surface area contributed by atoms with Crippen LogP contribution in [0.25, 0.3) is 0 Å². The molecule has 0 rings (SSSR count). The molecule has 0 aromatic carbocycles. The van der Waals surface area contributed by atoms with E-state index in [0.717, 1.165) is 0 Å². The van der Waals surface area contributed by atoms with Gasteiger partial charge in [-0.3, -0.25) is 18.3 Å². The summed E-state index contributed by atoms with van der Waals surface area (Å²) < 4.78 is 44.2. The summed E-state index contributed by atoms with van der Waals surface area (Å²) >= 11 is 0. The van der Waals surface area contributed by atoms with Crippen molar-refractivity contribution in [1.29, 1.82) is 0 Å². The van der Waals surface area contributed by atoms with E-state index in [-0.39, 0.29) is 0 Å². The molecule has 0 unspecified atom stereocenters. The maximum Gasteiger partial charge on any atom is 0.326 e. The second-order valence-corrected chi connectivity index (χ2v) is 11.4. The summed E-state index contributed by atoms with van der Waals surface area (Å²) in [5.41, 5.74) is -2.61. The highest BCUT2D eigenvalue weighted by Gasteiger charge is 2.49. The molecule has 0 atom stereocenters. The standard InChI is InChI=1S/C5H16O12P4/c6-18(7,8)1-5(2-19(9,10)11,3-20(12,13)14)4-21(15,16)17/h1-4H2,(H2,6,7,8)(H2,9,10,11)(H2,12,13,14)(H2,15,16,17). The first-order valence-electron chi connectivity index (χ1n) is 5.01. The fourth-order valence-corrected chi connectivity index (χ4v) is 7.94. The van der Waals surface area contributed by atoms with Gasteiger partial charge < -0.3 is 39.1 Å². The fourth-order valence-electron chi connectivity index (χ4n) is 2.05. The van der Waals surface area contributed by atoms with Crippen molar-refractivity contribution in [2.45, 2.75) is 0 Å². The molecule has 0 saturated heterocycles. The Bertz CT molecular complexity index is 442. The van der Waals surface area contributed by atoms with E-state index in [1.54, 1.807) is 0 Å². The van der Waals surface area contributed by atoms with Crippen LogP contribution in [0.2, 0.25) is 0 Å². The summed E-state index contributed by atoms with van der Waals surface area (Å²) in [4.78, 5) is 71.2. The van der Waals surface area contributed by atoms with Crippen molar-refractivity contribution in [2.24, 2.45) is 5.41 Å². The molecule has 0 aliphatic carbocycles. The van der Waals surface area contributed by atoms with Crippen LogP contribution in [0.5, 0.6) is 0 Å². The summed E-state index contributed by atoms with van der Waals surface area (Å²) in [6.45, 7) is 0. The molecule has 0 aromatic heterocycles. The monoisotopic (exact) mass is 392 g/mol. The summed E-state index contributed by atoms with van der Waals surface area (Å²) in [7, 11) is -20.3. The van der Waals surface area contributed by atoms with Gasteiger partial charge in [0, 0.05) is 5.41 Å². The lowest BCUT2D eigenvalue weighted by Crippen LogP contribution is -2.37. The van der Waals surface area contributed by atoms with E-state index in [1.807, 2.05) is 0 Å². The average Bonchev–Trinajstić information content (AvgIpc) is 1.83. The molecule has 16 heteroatoms. The fraction of sp³-hybridized carbons (Fsp3) is 1.00. The Morgan fingerprint density at radius 1 is 0.476 bits per heavy atom. The molecule has 0 bridgehead atoms. The Kier molecular flexibility index (Phi) is 6.80. The van der Waals surface area contributed by atoms with Crippen LogP contribution in [0.3, 0.4) is 0 Å². The van der Waals surface area contributed by atoms with Crippen molar-refractivity contribution in [2.75, 3.05) is 24.6 Å². The molecule has 0 spiro atoms. The van der Waals surface area contributed by atoms with Crippen molar-refractivity contribution >= 4 is 30.4 Å². The van der Waals surface area contributed by atoms with Crippen molar-refractivity contribution in [3.8, 4) is 0 Å². The van der Waals surface area contributed by atoms with Crippen LogP contribution in [-0.2, 0) is 18.3 Å². The van der Waals surface area contributed by atoms with Gasteiger partial charge in [0.15, 0.2) is 0 Å². The van der Waals surface area contributed by atoms with Crippen molar-refractivity contribution in [3.63, 3.8) is 0 Å². The van der Waals surface area contributed by atoms with Gasteiger partial charge in [0.25, 0.3) is 0 Å². The van der Waals surface area contributed by atoms with Gasteiger partial charge in [0.1, 0.15) is 0 Å². The minimum absolute atomic E-state index is 1.48. The van der Waals surface area contributed by atoms with E-state index in [2.05, 4.69) is 0 Å². The third kappa shape index (κ3) is 11.8. The van der Waals surface area contributed by atoms with Gasteiger partial charge in [-0.2, -0.15) is 0 Å². The molecule has 0 saturated carbocycles. The summed E-state index contributed by atoms with van der Waals surface area (Å²) in [5.74, 6) is 0. The molecule has 128 valence electrons. The highest BCUT2D eigenvalue weighted by Crippen LogP contribution is 2.58. The largest absolute Gasteiger partial charge is 0.326 e. The second kappa shape index (κ2) is 6.61. The quantitative estimate of drug-likeness (QED) is 0.225. The van der Waals surface area contributed by atoms with Crippen LogP contribution >= 0.6 is 30.4 Å². The first kappa shape index (κ1) is 21.6. The second-order valence-electron chi connectivity index (χ2n) is 4.79. The van der Waals surface area contributed by atoms with Crippen LogP contribution in [0, 0.1) is 5.41 Å². The van der Waals surface area contributed by atoms with Crippen molar-refractivity contribution in [3.05, 3.63) is 0 Å². The predicted molar refractivity (Wildman–Crippen MR) is 70.1 cm³/mol. The average molecular weight is 392 g/mol. The molecule has 0 heterocycles. The van der Waals surface area contributed by atoms with Gasteiger partial charge in [0.05, 0.1) is 24.6 Å². The first-order chi connectivity index (χ1) is 8.83. The van der Waals surface area contributed by atoms with Gasteiger partial charge in [-0.05, 0) is 0 Å². The molecular weight excluding hydrogens is 376 g/mol. The Morgan fingerprint density at radius 3 is 0.714 bits per heavy atom. The van der Waals surface area contributed by atoms with E-state index in [9.17, 15) is 18.3 Å². The molecule has 21 heavy (non-hydrogen) atoms. The third-order valence-corrected chi connectivity index (χ3v) is 6.50. The highest BCUT2D eigenvalue weighted by molar-refractivity contribution is 7.55. The zero-order valence-electron chi connectivity index (χ0n) is 10.3. The summed E-state index contributed by atoms with van der Waals surface area (Å²) in [5, 5.41) is 0. The topological polar surface area (TPSA) is 230 Å². The SMILES string of the molecule is O=P(O)(O)CC(CP(=O)(O)O)(CP(=O)(O)O)CP(=O)(O)O. The van der Waals surface area contributed by atoms with Gasteiger partial charge in [-0.1, -0.05) is 0 Å². The van der Waals surface area contributed by atoms with E-state index < -0.39 is 60.4 Å². The van der Waals surface area contributed by atoms with Gasteiger partial charge >= 0.3 is 30.4 Å². The van der Waals surface area contributed by atoms with E-state index in [0.29, 0.717) is 0 Å². The lowest BCUT2D eigenvalue weighted by atomic mass is 9.99. The molecule has 0 radical (unpaired) electrons. The van der Waals surface area contributed by atoms with Crippen LogP contribution in [0.4, 0.5) is 0 Å². The van der Waals surface area contributed by atoms with Gasteiger partial charge in [-0.15, -0.1) is 0 Å². The van der Waals surface area contributed by atoms with E-state index in [1.165, 1.54) is 0 Å². The normalized spacial score (nSPS) is 15.2. The zero-order valence-corrected chi connectivity index (χ0v) is 13.9. The van der Waals surface area contributed by atoms with E-state index in [4.69, 9.17) is 39.1 Å². The summed E-state index contributed by atoms with van der Waals surface area (Å²) in [6, 6.07) is 0. The van der Waals surface area contributed by atoms with Gasteiger partial charge in [-0.25, -0.2) is 0 Å². The molecule has 0 aliphatic heterocycles. The smallest absolute Gasteiger partial charge is 0.324 e. The van der Waals surface area contributed by atoms with Crippen molar-refractivity contribution < 1.29 is 57.4 Å². The van der Waals surface area contributed by atoms with E-state index >= 15 is 0 Å². The molecule has 0 aromatic rings. The Labute approximate surface area is 118 Å². The predicted octanol–water partition coefficient (Wildman–Crippen LogP) is -1.32. The number of rotatable bonds is 8. The third-order valence-electron chi connectivity index (χ3n) is 2.17. The maximum absolute atomic E-state index is 11.0.